The van der Waals surface area contributed by atoms with Crippen molar-refractivity contribution >= 4 is 0 Å². The van der Waals surface area contributed by atoms with E-state index in [0.717, 1.165) is 63.4 Å². The Morgan fingerprint density at radius 3 is 0.681 bits per heavy atom. The molecule has 0 aliphatic carbocycles. The minimum atomic E-state index is 0.759. The third-order valence-corrected chi connectivity index (χ3v) is 13.3. The van der Waals surface area contributed by atoms with Gasteiger partial charge in [0, 0.05) is 47.1 Å². The summed E-state index contributed by atoms with van der Waals surface area (Å²) in [4.78, 5) is 47.8. The Labute approximate surface area is 565 Å². The lowest BCUT2D eigenvalue weighted by Gasteiger charge is -2.09. The predicted molar refractivity (Wildman–Crippen MR) is 395 cm³/mol. The highest BCUT2D eigenvalue weighted by Gasteiger charge is 2.04. The molecule has 0 atom stereocenters. The van der Waals surface area contributed by atoms with Gasteiger partial charge in [-0.2, -0.15) is 0 Å². The van der Waals surface area contributed by atoms with Gasteiger partial charge in [0.15, 0.2) is 0 Å². The molecule has 12 rings (SSSR count). The summed E-state index contributed by atoms with van der Waals surface area (Å²) in [6.07, 6.45) is 8.19. The first-order valence-electron chi connectivity index (χ1n) is 31.4. The van der Waals surface area contributed by atoms with Crippen molar-refractivity contribution in [3.8, 4) is 0 Å². The summed E-state index contributed by atoms with van der Waals surface area (Å²) in [5.74, 6) is 4.82. The fourth-order valence-corrected chi connectivity index (χ4v) is 7.56. The second kappa shape index (κ2) is 49.5. The molecule has 0 bridgehead atoms. The largest absolute Gasteiger partial charge is 0.262 e. The van der Waals surface area contributed by atoms with Crippen LogP contribution in [0.3, 0.4) is 0 Å². The summed E-state index contributed by atoms with van der Waals surface area (Å²) < 4.78 is 0. The van der Waals surface area contributed by atoms with Crippen LogP contribution >= 0.6 is 0 Å². The molecule has 12 aromatic rings. The van der Waals surface area contributed by atoms with Gasteiger partial charge in [-0.3, -0.25) is 9.97 Å². The zero-order chi connectivity index (χ0) is 70.1. The number of benzene rings is 6. The monoisotopic (exact) mass is 1260 g/mol. The highest BCUT2D eigenvalue weighted by Crippen LogP contribution is 2.17. The molecule has 0 fully saturated rings. The van der Waals surface area contributed by atoms with E-state index in [1.807, 2.05) is 178 Å². The zero-order valence-electron chi connectivity index (χ0n) is 60.3. The first-order chi connectivity index (χ1) is 44.8. The van der Waals surface area contributed by atoms with Gasteiger partial charge >= 0.3 is 0 Å². The van der Waals surface area contributed by atoms with Crippen LogP contribution in [0.2, 0.25) is 0 Å². The van der Waals surface area contributed by atoms with Gasteiger partial charge < -0.3 is 0 Å². The topological polar surface area (TPSA) is 155 Å². The highest BCUT2D eigenvalue weighted by molar-refractivity contribution is 5.37. The highest BCUT2D eigenvalue weighted by atomic mass is 15.0. The molecular formula is C82H104N12. The number of nitrogens with zero attached hydrogens (tertiary/aromatic N) is 12. The predicted octanol–water partition coefficient (Wildman–Crippen LogP) is 19.8. The van der Waals surface area contributed by atoms with Crippen LogP contribution < -0.4 is 0 Å². The molecule has 6 heterocycles. The van der Waals surface area contributed by atoms with E-state index in [-0.39, 0.29) is 0 Å². The molecule has 12 nitrogen and oxygen atoms in total. The minimum absolute atomic E-state index is 0.759. The van der Waals surface area contributed by atoms with Gasteiger partial charge in [0.2, 0.25) is 0 Å². The van der Waals surface area contributed by atoms with Gasteiger partial charge in [-0.05, 0) is 193 Å². The van der Waals surface area contributed by atoms with E-state index in [4.69, 9.17) is 0 Å². The van der Waals surface area contributed by atoms with Crippen molar-refractivity contribution in [1.82, 2.24) is 59.8 Å². The lowest BCUT2D eigenvalue weighted by Crippen LogP contribution is -1.98. The smallest absolute Gasteiger partial charge is 0.129 e. The van der Waals surface area contributed by atoms with Gasteiger partial charge in [0.1, 0.15) is 47.6 Å². The van der Waals surface area contributed by atoms with Gasteiger partial charge in [-0.1, -0.05) is 221 Å². The summed E-state index contributed by atoms with van der Waals surface area (Å²) in [5, 5.41) is 0. The molecule has 0 amide bonds. The third-order valence-electron chi connectivity index (χ3n) is 13.3. The molecule has 492 valence electrons. The molecule has 0 radical (unpaired) electrons. The summed E-state index contributed by atoms with van der Waals surface area (Å²) >= 11 is 0. The Morgan fingerprint density at radius 2 is 0.468 bits per heavy atom. The molecule has 0 N–H and O–H groups in total. The lowest BCUT2D eigenvalue weighted by molar-refractivity contribution is 0.875. The number of pyridine rings is 2. The Kier molecular flexibility index (Phi) is 43.1. The van der Waals surface area contributed by atoms with Gasteiger partial charge in [0.05, 0.1) is 0 Å². The van der Waals surface area contributed by atoms with Crippen LogP contribution in [0.4, 0.5) is 0 Å². The molecule has 0 spiro atoms. The van der Waals surface area contributed by atoms with Crippen LogP contribution in [-0.2, 0) is 0 Å². The Morgan fingerprint density at radius 1 is 0.191 bits per heavy atom. The first-order valence-corrected chi connectivity index (χ1v) is 31.4. The zero-order valence-corrected chi connectivity index (χ0v) is 60.3. The van der Waals surface area contributed by atoms with E-state index in [0.29, 0.717) is 0 Å². The van der Waals surface area contributed by atoms with Crippen molar-refractivity contribution in [1.29, 1.82) is 0 Å². The molecule has 0 saturated heterocycles. The van der Waals surface area contributed by atoms with Crippen LogP contribution in [-0.4, -0.2) is 59.8 Å². The fraction of sp³-hybridized carbons (Fsp3) is 0.268. The standard InChI is InChI=1S/C10H15N.C8H12N2.C8H10.5C7H8.C6H9N3.C6H7N.C5H6N2.C4H5N3/c1-6-7(2)9(4)11-10(5)8(6)3;1-5-6(2)9-8(4)10-7(5)3;1-7-4-3-5-8(2)6-7;5*1-7-5-3-2-4-6-7;1-4-7-5(2)9-6(3)8-4;1-6-4-2-3-5-7-6;1-5-6-3-2-4-7-5;1-4-6-2-5-3-7-4/h1-5H3;1-4H3;3-6H,1-2H3;5*2-6H,1H3;1-3H3;2-5H,1H3;2-4H,1H3;2-3H,1H3. The Hall–Kier alpha value is -10.2. The van der Waals surface area contributed by atoms with Crippen molar-refractivity contribution < 1.29 is 0 Å². The van der Waals surface area contributed by atoms with Crippen LogP contribution in [0.5, 0.6) is 0 Å². The lowest BCUT2D eigenvalue weighted by atomic mass is 10.0. The van der Waals surface area contributed by atoms with Gasteiger partial charge in [-0.25, -0.2) is 49.8 Å². The normalized spacial score (nSPS) is 9.17. The van der Waals surface area contributed by atoms with E-state index < -0.39 is 0 Å². The molecular weight excluding hydrogens is 1150 g/mol. The summed E-state index contributed by atoms with van der Waals surface area (Å²) in [7, 11) is 0. The van der Waals surface area contributed by atoms with E-state index in [2.05, 4.69) is 228 Å². The molecule has 6 aromatic carbocycles. The second-order valence-electron chi connectivity index (χ2n) is 22.1. The van der Waals surface area contributed by atoms with E-state index in [1.54, 1.807) is 24.7 Å². The quantitative estimate of drug-likeness (QED) is 0.142. The summed E-state index contributed by atoms with van der Waals surface area (Å²) in [5.41, 5.74) is 20.1. The number of rotatable bonds is 0. The van der Waals surface area contributed by atoms with Crippen molar-refractivity contribution in [3.05, 3.63) is 356 Å². The molecule has 94 heavy (non-hydrogen) atoms. The van der Waals surface area contributed by atoms with E-state index >= 15 is 0 Å². The number of aromatic nitrogens is 12. The average molecular weight is 1260 g/mol. The van der Waals surface area contributed by atoms with Crippen LogP contribution in [0.15, 0.2) is 231 Å². The van der Waals surface area contributed by atoms with Crippen molar-refractivity contribution in [2.75, 3.05) is 0 Å². The van der Waals surface area contributed by atoms with Gasteiger partial charge in [-0.15, -0.1) is 0 Å². The molecule has 12 heteroatoms. The first kappa shape index (κ1) is 81.8. The number of hydrogen-bond donors (Lipinski definition) is 0. The van der Waals surface area contributed by atoms with Crippen LogP contribution in [0, 0.1) is 152 Å². The molecule has 6 aromatic heterocycles. The van der Waals surface area contributed by atoms with Crippen molar-refractivity contribution in [2.24, 2.45) is 0 Å². The van der Waals surface area contributed by atoms with E-state index in [1.165, 1.54) is 73.9 Å². The Balaban J connectivity index is 0.000000514. The second-order valence-corrected chi connectivity index (χ2v) is 22.1. The van der Waals surface area contributed by atoms with Gasteiger partial charge in [0.25, 0.3) is 0 Å². The number of aryl methyl sites for hydroxylation is 18. The molecule has 0 aliphatic heterocycles. The van der Waals surface area contributed by atoms with Crippen molar-refractivity contribution in [2.45, 2.75) is 152 Å². The summed E-state index contributed by atoms with van der Waals surface area (Å²) in [6, 6.07) is 67.4. The number of hydrogen-bond acceptors (Lipinski definition) is 12. The molecule has 0 saturated carbocycles. The maximum Gasteiger partial charge on any atom is 0.129 e. The maximum atomic E-state index is 4.43. The van der Waals surface area contributed by atoms with Crippen molar-refractivity contribution in [3.63, 3.8) is 0 Å². The third kappa shape index (κ3) is 42.7. The fourth-order valence-electron chi connectivity index (χ4n) is 7.56. The Bertz CT molecular complexity index is 3260. The van der Waals surface area contributed by atoms with Crippen LogP contribution in [0.1, 0.15) is 125 Å². The SMILES string of the molecule is Cc1cccc(C)c1.Cc1ccccc1.Cc1ccccc1.Cc1ccccc1.Cc1ccccc1.Cc1ccccc1.Cc1ccccn1.Cc1nc(C)c(C)c(C)c1C.Cc1nc(C)c(C)c(C)n1.Cc1nc(C)nc(C)n1.Cc1ncccn1.Cc1ncncn1. The average Bonchev–Trinajstić information content (AvgIpc) is 0.908. The molecule has 0 unspecified atom stereocenters. The van der Waals surface area contributed by atoms with Crippen LogP contribution in [0.25, 0.3) is 0 Å². The van der Waals surface area contributed by atoms with E-state index in [9.17, 15) is 0 Å². The maximum absolute atomic E-state index is 4.43. The summed E-state index contributed by atoms with van der Waals surface area (Å²) in [6.45, 7) is 44.4. The molecule has 0 aliphatic rings. The minimum Gasteiger partial charge on any atom is -0.262 e.